The van der Waals surface area contributed by atoms with Crippen molar-refractivity contribution < 1.29 is 14.3 Å². The molecule has 1 rings (SSSR count). The number of carbonyl (C=O) groups excluding carboxylic acids is 1. The lowest BCUT2D eigenvalue weighted by Gasteiger charge is -2.17. The number of hydrogen-bond acceptors (Lipinski definition) is 6. The van der Waals surface area contributed by atoms with E-state index in [1.165, 1.54) is 13.4 Å². The van der Waals surface area contributed by atoms with Gasteiger partial charge in [-0.25, -0.2) is 9.97 Å². The number of carbonyl (C=O) groups is 1. The van der Waals surface area contributed by atoms with Crippen LogP contribution in [0, 0.1) is 0 Å². The van der Waals surface area contributed by atoms with E-state index in [9.17, 15) is 4.79 Å². The van der Waals surface area contributed by atoms with Crippen LogP contribution in [0.3, 0.4) is 0 Å². The Labute approximate surface area is 101 Å². The van der Waals surface area contributed by atoms with E-state index in [4.69, 9.17) is 4.74 Å². The molecule has 0 fully saturated rings. The highest BCUT2D eigenvalue weighted by Gasteiger charge is 2.06. The summed E-state index contributed by atoms with van der Waals surface area (Å²) in [6.07, 6.45) is 2.57. The summed E-state index contributed by atoms with van der Waals surface area (Å²) in [4.78, 5) is 20.9. The van der Waals surface area contributed by atoms with Gasteiger partial charge in [-0.1, -0.05) is 0 Å². The Kier molecular flexibility index (Phi) is 5.19. The lowest BCUT2D eigenvalue weighted by atomic mass is 10.3. The minimum absolute atomic E-state index is 0.196. The van der Waals surface area contributed by atoms with Crippen LogP contribution in [0.4, 0.5) is 5.82 Å². The highest BCUT2D eigenvalue weighted by molar-refractivity contribution is 5.69. The van der Waals surface area contributed by atoms with Crippen molar-refractivity contribution in [3.05, 3.63) is 12.4 Å². The Hall–Kier alpha value is -1.85. The maximum atomic E-state index is 10.9. The third kappa shape index (κ3) is 4.26. The van der Waals surface area contributed by atoms with Crippen LogP contribution in [0.2, 0.25) is 0 Å². The molecule has 0 spiro atoms. The van der Waals surface area contributed by atoms with Crippen LogP contribution in [0.5, 0.6) is 5.88 Å². The summed E-state index contributed by atoms with van der Waals surface area (Å²) in [5.74, 6) is 1.09. The summed E-state index contributed by atoms with van der Waals surface area (Å²) in [5, 5.41) is 0. The van der Waals surface area contributed by atoms with Crippen LogP contribution >= 0.6 is 0 Å². The molecule has 0 aliphatic carbocycles. The van der Waals surface area contributed by atoms with E-state index in [0.717, 1.165) is 18.8 Å². The molecule has 94 valence electrons. The van der Waals surface area contributed by atoms with Gasteiger partial charge in [0.2, 0.25) is 5.88 Å². The van der Waals surface area contributed by atoms with Crippen LogP contribution in [0.25, 0.3) is 0 Å². The molecule has 0 aliphatic rings. The molecule has 0 atom stereocenters. The van der Waals surface area contributed by atoms with Crippen LogP contribution in [0.15, 0.2) is 12.4 Å². The molecule has 0 unspecified atom stereocenters. The zero-order valence-electron chi connectivity index (χ0n) is 10.3. The van der Waals surface area contributed by atoms with Gasteiger partial charge in [-0.2, -0.15) is 0 Å². The minimum Gasteiger partial charge on any atom is -0.481 e. The summed E-state index contributed by atoms with van der Waals surface area (Å²) in [7, 11) is 4.85. The highest BCUT2D eigenvalue weighted by atomic mass is 16.5. The maximum absolute atomic E-state index is 10.9. The molecule has 0 aliphatic heterocycles. The third-order valence-corrected chi connectivity index (χ3v) is 2.33. The fourth-order valence-electron chi connectivity index (χ4n) is 1.33. The standard InChI is InChI=1S/C11H17N3O3/c1-14(6-4-5-11(15)17-3)9-7-10(16-2)13-8-12-9/h7-8H,4-6H2,1-3H3. The topological polar surface area (TPSA) is 64.5 Å². The number of nitrogens with zero attached hydrogens (tertiary/aromatic N) is 3. The summed E-state index contributed by atoms with van der Waals surface area (Å²) < 4.78 is 9.58. The first-order valence-corrected chi connectivity index (χ1v) is 5.31. The zero-order valence-corrected chi connectivity index (χ0v) is 10.3. The van der Waals surface area contributed by atoms with Crippen LogP contribution in [-0.4, -0.2) is 43.7 Å². The second kappa shape index (κ2) is 6.67. The first kappa shape index (κ1) is 13.2. The van der Waals surface area contributed by atoms with Crippen molar-refractivity contribution in [3.8, 4) is 5.88 Å². The van der Waals surface area contributed by atoms with E-state index < -0.39 is 0 Å². The number of ether oxygens (including phenoxy) is 2. The quantitative estimate of drug-likeness (QED) is 0.686. The predicted octanol–water partition coefficient (Wildman–Crippen LogP) is 0.875. The van der Waals surface area contributed by atoms with Gasteiger partial charge in [0.25, 0.3) is 0 Å². The van der Waals surface area contributed by atoms with Crippen molar-refractivity contribution in [2.75, 3.05) is 32.7 Å². The number of methoxy groups -OCH3 is 2. The van der Waals surface area contributed by atoms with Gasteiger partial charge in [0.05, 0.1) is 14.2 Å². The summed E-state index contributed by atoms with van der Waals surface area (Å²) in [6.45, 7) is 0.718. The van der Waals surface area contributed by atoms with Gasteiger partial charge < -0.3 is 14.4 Å². The number of rotatable bonds is 6. The van der Waals surface area contributed by atoms with Crippen molar-refractivity contribution in [1.82, 2.24) is 9.97 Å². The van der Waals surface area contributed by atoms with E-state index in [0.29, 0.717) is 12.3 Å². The van der Waals surface area contributed by atoms with Crippen LogP contribution < -0.4 is 9.64 Å². The zero-order chi connectivity index (χ0) is 12.7. The average molecular weight is 239 g/mol. The predicted molar refractivity (Wildman–Crippen MR) is 63.1 cm³/mol. The Bertz CT molecular complexity index is 371. The number of anilines is 1. The van der Waals surface area contributed by atoms with Crippen molar-refractivity contribution in [2.24, 2.45) is 0 Å². The lowest BCUT2D eigenvalue weighted by Crippen LogP contribution is -2.20. The van der Waals surface area contributed by atoms with Gasteiger partial charge in [-0.3, -0.25) is 4.79 Å². The molecule has 1 heterocycles. The second-order valence-electron chi connectivity index (χ2n) is 3.52. The maximum Gasteiger partial charge on any atom is 0.305 e. The van der Waals surface area contributed by atoms with Crippen molar-refractivity contribution in [2.45, 2.75) is 12.8 Å². The summed E-state index contributed by atoms with van der Waals surface area (Å²) in [6, 6.07) is 1.75. The molecule has 0 amide bonds. The Morgan fingerprint density at radius 1 is 1.41 bits per heavy atom. The average Bonchev–Trinajstić information content (AvgIpc) is 2.38. The fraction of sp³-hybridized carbons (Fsp3) is 0.545. The molecule has 0 N–H and O–H groups in total. The SMILES string of the molecule is COC(=O)CCCN(C)c1cc(OC)ncn1. The largest absolute Gasteiger partial charge is 0.481 e. The van der Waals surface area contributed by atoms with E-state index in [1.807, 2.05) is 11.9 Å². The lowest BCUT2D eigenvalue weighted by molar-refractivity contribution is -0.140. The Morgan fingerprint density at radius 2 is 2.18 bits per heavy atom. The van der Waals surface area contributed by atoms with Crippen LogP contribution in [0.1, 0.15) is 12.8 Å². The first-order chi connectivity index (χ1) is 8.17. The molecule has 0 radical (unpaired) electrons. The normalized spacial score (nSPS) is 9.82. The number of aromatic nitrogens is 2. The van der Waals surface area contributed by atoms with Gasteiger partial charge in [0.1, 0.15) is 12.1 Å². The number of hydrogen-bond donors (Lipinski definition) is 0. The number of esters is 1. The molecule has 6 heteroatoms. The molecule has 6 nitrogen and oxygen atoms in total. The molecular formula is C11H17N3O3. The van der Waals surface area contributed by atoms with Gasteiger partial charge >= 0.3 is 5.97 Å². The summed E-state index contributed by atoms with van der Waals surface area (Å²) >= 11 is 0. The van der Waals surface area contributed by atoms with E-state index in [-0.39, 0.29) is 5.97 Å². The van der Waals surface area contributed by atoms with Gasteiger partial charge in [0.15, 0.2) is 0 Å². The smallest absolute Gasteiger partial charge is 0.305 e. The van der Waals surface area contributed by atoms with Gasteiger partial charge in [-0.15, -0.1) is 0 Å². The van der Waals surface area contributed by atoms with E-state index in [2.05, 4.69) is 14.7 Å². The van der Waals surface area contributed by atoms with Crippen molar-refractivity contribution >= 4 is 11.8 Å². The second-order valence-corrected chi connectivity index (χ2v) is 3.52. The van der Waals surface area contributed by atoms with Crippen LogP contribution in [-0.2, 0) is 9.53 Å². The molecule has 0 saturated carbocycles. The minimum atomic E-state index is -0.196. The third-order valence-electron chi connectivity index (χ3n) is 2.33. The molecular weight excluding hydrogens is 222 g/mol. The Morgan fingerprint density at radius 3 is 2.82 bits per heavy atom. The first-order valence-electron chi connectivity index (χ1n) is 5.31. The van der Waals surface area contributed by atoms with E-state index in [1.54, 1.807) is 13.2 Å². The van der Waals surface area contributed by atoms with Gasteiger partial charge in [-0.05, 0) is 6.42 Å². The molecule has 17 heavy (non-hydrogen) atoms. The van der Waals surface area contributed by atoms with E-state index >= 15 is 0 Å². The van der Waals surface area contributed by atoms with Crippen molar-refractivity contribution in [1.29, 1.82) is 0 Å². The monoisotopic (exact) mass is 239 g/mol. The molecule has 1 aromatic rings. The Balaban J connectivity index is 2.46. The highest BCUT2D eigenvalue weighted by Crippen LogP contribution is 2.14. The molecule has 0 aromatic carbocycles. The van der Waals surface area contributed by atoms with Crippen molar-refractivity contribution in [3.63, 3.8) is 0 Å². The molecule has 0 saturated heterocycles. The molecule has 0 bridgehead atoms. The molecule has 1 aromatic heterocycles. The fourth-order valence-corrected chi connectivity index (χ4v) is 1.33. The van der Waals surface area contributed by atoms with Gasteiger partial charge in [0, 0.05) is 26.1 Å². The summed E-state index contributed by atoms with van der Waals surface area (Å²) in [5.41, 5.74) is 0.